The number of rotatable bonds is 6. The van der Waals surface area contributed by atoms with Crippen LogP contribution in [-0.2, 0) is 4.57 Å². The predicted molar refractivity (Wildman–Crippen MR) is 227 cm³/mol. The van der Waals surface area contributed by atoms with Crippen LogP contribution in [0.15, 0.2) is 127 Å². The molecular weight excluding hydrogens is 934 g/mol. The van der Waals surface area contributed by atoms with Gasteiger partial charge in [0.25, 0.3) is 0 Å². The van der Waals surface area contributed by atoms with Crippen LogP contribution in [0.5, 0.6) is 0 Å². The van der Waals surface area contributed by atoms with E-state index in [0.717, 1.165) is 103 Å². The van der Waals surface area contributed by atoms with Crippen LogP contribution in [0.3, 0.4) is 0 Å². The fourth-order valence-corrected chi connectivity index (χ4v) is 8.80. The van der Waals surface area contributed by atoms with Crippen molar-refractivity contribution in [1.82, 2.24) is 0 Å². The SMILES string of the molecule is CC.Fc1cc(F)cc(P)c1.Fc1cc(F)cc(Pc2cc(F)cc(F)c2)c1.Fc1cc(F)cc(Pc2cc(F)cc(F)c2)c1.O=[P+](c1cc(F)cc(F)c1)c1cc(F)cc(F)c1. The van der Waals surface area contributed by atoms with Crippen LogP contribution in [0, 0.1) is 81.4 Å². The molecule has 1 atom stereocenters. The highest BCUT2D eigenvalue weighted by atomic mass is 31.1. The van der Waals surface area contributed by atoms with Crippen molar-refractivity contribution in [2.75, 3.05) is 0 Å². The lowest BCUT2D eigenvalue weighted by molar-refractivity contribution is 0.580. The van der Waals surface area contributed by atoms with Crippen LogP contribution in [0.25, 0.3) is 0 Å². The third kappa shape index (κ3) is 19.1. The molecule has 0 saturated heterocycles. The molecule has 0 bridgehead atoms. The number of hydrogen-bond donors (Lipinski definition) is 0. The molecule has 0 radical (unpaired) electrons. The fourth-order valence-electron chi connectivity index (χ4n) is 4.87. The first kappa shape index (κ1) is 52.3. The minimum absolute atomic E-state index is 0.160. The Balaban J connectivity index is 0.000000226. The second kappa shape index (κ2) is 25.3. The molecule has 0 amide bonds. The summed E-state index contributed by atoms with van der Waals surface area (Å²) in [5.74, 6) is -10.3. The van der Waals surface area contributed by atoms with Gasteiger partial charge in [0, 0.05) is 66.7 Å². The average molecular weight is 966 g/mol. The van der Waals surface area contributed by atoms with E-state index in [0.29, 0.717) is 38.7 Å². The van der Waals surface area contributed by atoms with E-state index in [-0.39, 0.29) is 27.8 Å². The molecule has 330 valence electrons. The Morgan fingerprint density at radius 3 is 0.635 bits per heavy atom. The summed E-state index contributed by atoms with van der Waals surface area (Å²) in [7, 11) is -0.624. The van der Waals surface area contributed by atoms with Crippen molar-refractivity contribution in [1.29, 1.82) is 0 Å². The van der Waals surface area contributed by atoms with E-state index in [9.17, 15) is 66.0 Å². The van der Waals surface area contributed by atoms with Crippen molar-refractivity contribution < 1.29 is 66.0 Å². The predicted octanol–water partition coefficient (Wildman–Crippen LogP) is 11.3. The van der Waals surface area contributed by atoms with Gasteiger partial charge in [0.05, 0.1) is 0 Å². The highest BCUT2D eigenvalue weighted by molar-refractivity contribution is 7.61. The molecule has 0 fully saturated rings. The van der Waals surface area contributed by atoms with Gasteiger partial charge < -0.3 is 0 Å². The summed E-state index contributed by atoms with van der Waals surface area (Å²) in [6, 6.07) is 20.2. The van der Waals surface area contributed by atoms with E-state index in [4.69, 9.17) is 0 Å². The van der Waals surface area contributed by atoms with E-state index < -0.39 is 89.2 Å². The average Bonchev–Trinajstić information content (AvgIpc) is 3.13. The van der Waals surface area contributed by atoms with E-state index in [1.807, 2.05) is 13.8 Å². The van der Waals surface area contributed by atoms with Gasteiger partial charge in [-0.3, -0.25) is 0 Å². The molecule has 0 aliphatic carbocycles. The molecular formula is C44H31F14OP4+. The second-order valence-electron chi connectivity index (χ2n) is 12.1. The normalized spacial score (nSPS) is 10.2. The zero-order valence-corrected chi connectivity index (χ0v) is 36.4. The molecule has 0 spiro atoms. The van der Waals surface area contributed by atoms with Gasteiger partial charge in [0.15, 0.2) is 0 Å². The zero-order chi connectivity index (χ0) is 47.0. The molecule has 0 heterocycles. The second-order valence-corrected chi connectivity index (χ2v) is 17.2. The third-order valence-electron chi connectivity index (χ3n) is 7.08. The Labute approximate surface area is 359 Å². The van der Waals surface area contributed by atoms with Crippen molar-refractivity contribution in [3.63, 3.8) is 0 Å². The molecule has 1 unspecified atom stereocenters. The van der Waals surface area contributed by atoms with Crippen molar-refractivity contribution in [3.8, 4) is 0 Å². The maximum atomic E-state index is 12.9. The summed E-state index contributed by atoms with van der Waals surface area (Å²) in [5, 5.41) is 1.62. The highest BCUT2D eigenvalue weighted by Gasteiger charge is 2.26. The minimum Gasteiger partial charge on any atom is -0.207 e. The van der Waals surface area contributed by atoms with Gasteiger partial charge in [-0.1, -0.05) is 35.6 Å². The summed E-state index contributed by atoms with van der Waals surface area (Å²) in [4.78, 5) is 0. The standard InChI is InChI=1S/C12H6F4OP.2C12H7F4P.C6H5F2P.C2H6/c13-7-1-8(14)4-11(3-7)18(17)12-5-9(15)2-10(16)6-12;2*13-7-1-8(14)4-11(3-7)17-12-5-9(15)2-10(16)6-12;7-4-1-5(8)3-6(9)2-4;1-2/h1-6H;2*1-6,17H;1-3H,9H2;1-2H3/q+1;;;;. The fraction of sp³-hybridized carbons (Fsp3) is 0.0455. The van der Waals surface area contributed by atoms with Gasteiger partial charge >= 0.3 is 7.80 Å². The van der Waals surface area contributed by atoms with Crippen LogP contribution < -0.4 is 37.1 Å². The first-order valence-corrected chi connectivity index (χ1v) is 21.5. The van der Waals surface area contributed by atoms with Gasteiger partial charge in [-0.05, 0) is 87.2 Å². The maximum Gasteiger partial charge on any atom is 0.415 e. The Kier molecular flexibility index (Phi) is 21.0. The molecule has 0 N–H and O–H groups in total. The smallest absolute Gasteiger partial charge is 0.207 e. The molecule has 0 aliphatic rings. The molecule has 1 nitrogen and oxygen atoms in total. The van der Waals surface area contributed by atoms with Gasteiger partial charge in [-0.25, -0.2) is 61.5 Å². The lowest BCUT2D eigenvalue weighted by Crippen LogP contribution is -2.09. The van der Waals surface area contributed by atoms with Crippen LogP contribution >= 0.6 is 34.2 Å². The Bertz CT molecular complexity index is 2240. The summed E-state index contributed by atoms with van der Waals surface area (Å²) < 4.78 is 191. The van der Waals surface area contributed by atoms with Crippen LogP contribution in [0.1, 0.15) is 13.8 Å². The molecule has 7 aromatic rings. The van der Waals surface area contributed by atoms with Crippen molar-refractivity contribution in [3.05, 3.63) is 209 Å². The van der Waals surface area contributed by atoms with Gasteiger partial charge in [-0.2, -0.15) is 0 Å². The third-order valence-corrected chi connectivity index (χ3v) is 11.2. The first-order chi connectivity index (χ1) is 29.7. The largest absolute Gasteiger partial charge is 0.415 e. The van der Waals surface area contributed by atoms with E-state index >= 15 is 0 Å². The number of benzene rings is 7. The lowest BCUT2D eigenvalue weighted by atomic mass is 10.3. The van der Waals surface area contributed by atoms with Gasteiger partial charge in [0.2, 0.25) is 10.6 Å². The molecule has 0 aliphatic heterocycles. The van der Waals surface area contributed by atoms with E-state index in [1.54, 1.807) is 0 Å². The van der Waals surface area contributed by atoms with Gasteiger partial charge in [-0.15, -0.1) is 9.24 Å². The minimum atomic E-state index is -2.45. The van der Waals surface area contributed by atoms with E-state index in [1.165, 1.54) is 12.1 Å². The van der Waals surface area contributed by atoms with Crippen molar-refractivity contribution in [2.24, 2.45) is 0 Å². The summed E-state index contributed by atoms with van der Waals surface area (Å²) >= 11 is 0. The molecule has 63 heavy (non-hydrogen) atoms. The topological polar surface area (TPSA) is 17.1 Å². The quantitative estimate of drug-likeness (QED) is 0.120. The van der Waals surface area contributed by atoms with Crippen LogP contribution in [-0.4, -0.2) is 0 Å². The zero-order valence-electron chi connectivity index (χ0n) is 32.3. The Morgan fingerprint density at radius 1 is 0.302 bits per heavy atom. The Hall–Kier alpha value is -5.05. The summed E-state index contributed by atoms with van der Waals surface area (Å²) in [6.45, 7) is 4.00. The molecule has 0 aromatic heterocycles. The monoisotopic (exact) mass is 965 g/mol. The van der Waals surface area contributed by atoms with Crippen molar-refractivity contribution in [2.45, 2.75) is 13.8 Å². The maximum absolute atomic E-state index is 12.9. The van der Waals surface area contributed by atoms with Crippen LogP contribution in [0.2, 0.25) is 0 Å². The molecule has 7 rings (SSSR count). The van der Waals surface area contributed by atoms with Crippen molar-refractivity contribution >= 4 is 71.3 Å². The lowest BCUT2D eigenvalue weighted by Gasteiger charge is -2.03. The summed E-state index contributed by atoms with van der Waals surface area (Å²) in [5.41, 5.74) is 0. The molecule has 7 aromatic carbocycles. The number of hydrogen-bond acceptors (Lipinski definition) is 1. The highest BCUT2D eigenvalue weighted by Crippen LogP contribution is 2.22. The molecule has 19 heteroatoms. The molecule has 0 saturated carbocycles. The van der Waals surface area contributed by atoms with Gasteiger partial charge in [0.1, 0.15) is 81.4 Å². The first-order valence-electron chi connectivity index (χ1n) is 17.7. The van der Waals surface area contributed by atoms with Crippen LogP contribution in [0.4, 0.5) is 61.5 Å². The number of halogens is 14. The Morgan fingerprint density at radius 2 is 0.460 bits per heavy atom. The van der Waals surface area contributed by atoms with E-state index in [2.05, 4.69) is 9.24 Å². The summed E-state index contributed by atoms with van der Waals surface area (Å²) in [6.07, 6.45) is 0.